The fourth-order valence-corrected chi connectivity index (χ4v) is 1.49. The number of carbonyl (C=O) groups is 1. The van der Waals surface area contributed by atoms with Gasteiger partial charge in [-0.25, -0.2) is 9.78 Å². The summed E-state index contributed by atoms with van der Waals surface area (Å²) in [6, 6.07) is 0.441. The van der Waals surface area contributed by atoms with Crippen LogP contribution in [0, 0.1) is 10.1 Å². The molecule has 0 amide bonds. The number of aromatic nitrogens is 1. The van der Waals surface area contributed by atoms with Gasteiger partial charge in [0.05, 0.1) is 16.5 Å². The maximum atomic E-state index is 11.2. The molecule has 0 aliphatic carbocycles. The van der Waals surface area contributed by atoms with Crippen molar-refractivity contribution >= 4 is 39.2 Å². The molecule has 1 aromatic heterocycles. The summed E-state index contributed by atoms with van der Waals surface area (Å²) < 4.78 is 4.81. The number of nitrogen functional groups attached to an aromatic ring is 1. The van der Waals surface area contributed by atoms with Crippen LogP contribution in [0.3, 0.4) is 0 Å². The van der Waals surface area contributed by atoms with Gasteiger partial charge in [0.25, 0.3) is 0 Å². The normalized spacial score (nSPS) is 11.7. The lowest BCUT2D eigenvalue weighted by atomic mass is 10.3. The van der Waals surface area contributed by atoms with E-state index in [-0.39, 0.29) is 17.3 Å². The quantitative estimate of drug-likeness (QED) is 0.487. The Hall–Kier alpha value is -1.90. The molecule has 0 saturated carbocycles. The Labute approximate surface area is 111 Å². The molecule has 0 saturated heterocycles. The molecule has 3 N–H and O–H groups in total. The molecule has 0 radical (unpaired) electrons. The largest absolute Gasteiger partial charge is 0.467 e. The first kappa shape index (κ1) is 14.2. The van der Waals surface area contributed by atoms with Crippen molar-refractivity contribution in [2.45, 2.75) is 13.0 Å². The molecule has 9 heteroatoms. The van der Waals surface area contributed by atoms with Crippen LogP contribution in [-0.4, -0.2) is 29.0 Å². The maximum Gasteiger partial charge on any atom is 0.328 e. The summed E-state index contributed by atoms with van der Waals surface area (Å²) in [5.41, 5.74) is 5.25. The highest BCUT2D eigenvalue weighted by Gasteiger charge is 2.22. The van der Waals surface area contributed by atoms with E-state index < -0.39 is 16.9 Å². The van der Waals surface area contributed by atoms with Crippen LogP contribution < -0.4 is 11.1 Å². The van der Waals surface area contributed by atoms with E-state index >= 15 is 0 Å². The molecule has 0 aliphatic heterocycles. The highest BCUT2D eigenvalue weighted by Crippen LogP contribution is 2.30. The molecule has 98 valence electrons. The zero-order chi connectivity index (χ0) is 13.9. The van der Waals surface area contributed by atoms with E-state index in [2.05, 4.69) is 31.0 Å². The zero-order valence-corrected chi connectivity index (χ0v) is 11.2. The predicted molar refractivity (Wildman–Crippen MR) is 68.1 cm³/mol. The number of hydrogen-bond donors (Lipinski definition) is 2. The summed E-state index contributed by atoms with van der Waals surface area (Å²) >= 11 is 3.05. The first-order valence-corrected chi connectivity index (χ1v) is 5.61. The fourth-order valence-electron chi connectivity index (χ4n) is 1.18. The van der Waals surface area contributed by atoms with Crippen LogP contribution in [0.25, 0.3) is 0 Å². The minimum Gasteiger partial charge on any atom is -0.467 e. The third-order valence-corrected chi connectivity index (χ3v) is 2.72. The summed E-state index contributed by atoms with van der Waals surface area (Å²) in [6.07, 6.45) is 0. The Morgan fingerprint density at radius 2 is 2.33 bits per heavy atom. The number of methoxy groups -OCH3 is 1. The van der Waals surface area contributed by atoms with Crippen LogP contribution in [0.5, 0.6) is 0 Å². The van der Waals surface area contributed by atoms with Gasteiger partial charge in [0.2, 0.25) is 5.82 Å². The monoisotopic (exact) mass is 318 g/mol. The van der Waals surface area contributed by atoms with Crippen LogP contribution in [0.2, 0.25) is 0 Å². The van der Waals surface area contributed by atoms with Gasteiger partial charge < -0.3 is 15.8 Å². The van der Waals surface area contributed by atoms with E-state index in [1.807, 2.05) is 0 Å². The second kappa shape index (κ2) is 5.63. The maximum absolute atomic E-state index is 11.2. The SMILES string of the molecule is COC(=O)[C@H](C)Nc1nc(N)c(Br)cc1[N+](=O)[O-]. The summed E-state index contributed by atoms with van der Waals surface area (Å²) in [7, 11) is 1.22. The summed E-state index contributed by atoms with van der Waals surface area (Å²) in [6.45, 7) is 1.50. The molecule has 0 fully saturated rings. The molecule has 1 aromatic rings. The Morgan fingerprint density at radius 3 is 2.83 bits per heavy atom. The minimum absolute atomic E-state index is 0.0835. The van der Waals surface area contributed by atoms with E-state index in [9.17, 15) is 14.9 Å². The van der Waals surface area contributed by atoms with Crippen molar-refractivity contribution in [3.05, 3.63) is 20.7 Å². The van der Waals surface area contributed by atoms with Gasteiger partial charge in [0.15, 0.2) is 0 Å². The number of hydrogen-bond acceptors (Lipinski definition) is 7. The number of nitrogens with one attached hydrogen (secondary N) is 1. The smallest absolute Gasteiger partial charge is 0.328 e. The topological polar surface area (TPSA) is 120 Å². The number of halogens is 1. The molecule has 0 unspecified atom stereocenters. The second-order valence-corrected chi connectivity index (χ2v) is 4.22. The molecule has 1 atom stereocenters. The summed E-state index contributed by atoms with van der Waals surface area (Å²) in [5.74, 6) is -0.564. The van der Waals surface area contributed by atoms with Gasteiger partial charge in [-0.05, 0) is 22.9 Å². The van der Waals surface area contributed by atoms with E-state index in [1.165, 1.54) is 20.1 Å². The molecule has 0 bridgehead atoms. The average molecular weight is 319 g/mol. The Bertz CT molecular complexity index is 494. The number of nitrogens with zero attached hydrogens (tertiary/aromatic N) is 2. The van der Waals surface area contributed by atoms with Crippen molar-refractivity contribution < 1.29 is 14.5 Å². The number of esters is 1. The average Bonchev–Trinajstić information content (AvgIpc) is 2.31. The number of nitro groups is 1. The minimum atomic E-state index is -0.776. The first-order chi connectivity index (χ1) is 8.36. The highest BCUT2D eigenvalue weighted by molar-refractivity contribution is 9.10. The van der Waals surface area contributed by atoms with Crippen molar-refractivity contribution in [2.24, 2.45) is 0 Å². The van der Waals surface area contributed by atoms with Gasteiger partial charge >= 0.3 is 11.7 Å². The molecule has 0 spiro atoms. The van der Waals surface area contributed by atoms with Crippen LogP contribution in [-0.2, 0) is 9.53 Å². The zero-order valence-electron chi connectivity index (χ0n) is 9.64. The molecular weight excluding hydrogens is 308 g/mol. The van der Waals surface area contributed by atoms with Crippen molar-refractivity contribution in [2.75, 3.05) is 18.2 Å². The van der Waals surface area contributed by atoms with Crippen LogP contribution >= 0.6 is 15.9 Å². The van der Waals surface area contributed by atoms with Crippen LogP contribution in [0.1, 0.15) is 6.92 Å². The van der Waals surface area contributed by atoms with Crippen molar-refractivity contribution in [1.82, 2.24) is 4.98 Å². The van der Waals surface area contributed by atoms with E-state index in [1.54, 1.807) is 0 Å². The summed E-state index contributed by atoms with van der Waals surface area (Å²) in [4.78, 5) is 25.3. The van der Waals surface area contributed by atoms with Crippen LogP contribution in [0.15, 0.2) is 10.5 Å². The molecule has 0 aliphatic rings. The van der Waals surface area contributed by atoms with Gasteiger partial charge in [-0.2, -0.15) is 0 Å². The molecule has 18 heavy (non-hydrogen) atoms. The van der Waals surface area contributed by atoms with Gasteiger partial charge in [-0.1, -0.05) is 0 Å². The Balaban J connectivity index is 3.11. The lowest BCUT2D eigenvalue weighted by Gasteiger charge is -2.12. The van der Waals surface area contributed by atoms with Crippen molar-refractivity contribution in [3.8, 4) is 0 Å². The fraction of sp³-hybridized carbons (Fsp3) is 0.333. The second-order valence-electron chi connectivity index (χ2n) is 3.37. The summed E-state index contributed by atoms with van der Waals surface area (Å²) in [5, 5.41) is 13.4. The molecular formula is C9H11BrN4O4. The highest BCUT2D eigenvalue weighted by atomic mass is 79.9. The standard InChI is InChI=1S/C9H11BrN4O4/c1-4(9(15)18-2)12-8-6(14(16)17)3-5(10)7(11)13-8/h3-4H,1-2H3,(H3,11,12,13)/t4-/m0/s1. The van der Waals surface area contributed by atoms with E-state index in [4.69, 9.17) is 5.73 Å². The third-order valence-electron chi connectivity index (χ3n) is 2.09. The van der Waals surface area contributed by atoms with Crippen molar-refractivity contribution in [3.63, 3.8) is 0 Å². The number of carbonyl (C=O) groups excluding carboxylic acids is 1. The number of nitrogens with two attached hydrogens (primary N) is 1. The number of rotatable bonds is 4. The predicted octanol–water partition coefficient (Wildman–Crippen LogP) is 1.31. The van der Waals surface area contributed by atoms with Gasteiger partial charge in [-0.3, -0.25) is 10.1 Å². The first-order valence-electron chi connectivity index (χ1n) is 4.81. The van der Waals surface area contributed by atoms with Gasteiger partial charge in [-0.15, -0.1) is 0 Å². The number of anilines is 2. The molecule has 1 heterocycles. The van der Waals surface area contributed by atoms with E-state index in [0.29, 0.717) is 4.47 Å². The molecule has 0 aromatic carbocycles. The number of ether oxygens (including phenoxy) is 1. The Kier molecular flexibility index (Phi) is 4.43. The van der Waals surface area contributed by atoms with Crippen molar-refractivity contribution in [1.29, 1.82) is 0 Å². The third kappa shape index (κ3) is 3.06. The van der Waals surface area contributed by atoms with Gasteiger partial charge in [0, 0.05) is 6.07 Å². The van der Waals surface area contributed by atoms with Gasteiger partial charge in [0.1, 0.15) is 11.9 Å². The number of pyridine rings is 1. The van der Waals surface area contributed by atoms with Crippen LogP contribution in [0.4, 0.5) is 17.3 Å². The Morgan fingerprint density at radius 1 is 1.72 bits per heavy atom. The lowest BCUT2D eigenvalue weighted by molar-refractivity contribution is -0.384. The lowest BCUT2D eigenvalue weighted by Crippen LogP contribution is -2.28. The molecule has 8 nitrogen and oxygen atoms in total. The van der Waals surface area contributed by atoms with E-state index in [0.717, 1.165) is 0 Å². The molecule has 1 rings (SSSR count).